The van der Waals surface area contributed by atoms with Gasteiger partial charge in [-0.3, -0.25) is 4.99 Å². The fourth-order valence-corrected chi connectivity index (χ4v) is 3.57. The number of hydrogen-bond donors (Lipinski definition) is 0. The Kier molecular flexibility index (Phi) is 3.56. The molecular formula is C18H26N2O. The van der Waals surface area contributed by atoms with Gasteiger partial charge in [-0.1, -0.05) is 30.3 Å². The van der Waals surface area contributed by atoms with Gasteiger partial charge < -0.3 is 9.64 Å². The van der Waals surface area contributed by atoms with Crippen LogP contribution in [0.3, 0.4) is 0 Å². The maximum atomic E-state index is 5.72. The number of ether oxygens (including phenoxy) is 1. The average molecular weight is 286 g/mol. The number of benzene rings is 1. The van der Waals surface area contributed by atoms with Crippen molar-refractivity contribution in [2.24, 2.45) is 4.99 Å². The van der Waals surface area contributed by atoms with Crippen LogP contribution in [0, 0.1) is 0 Å². The van der Waals surface area contributed by atoms with Crippen molar-refractivity contribution < 1.29 is 4.74 Å². The van der Waals surface area contributed by atoms with Gasteiger partial charge in [0.25, 0.3) is 0 Å². The van der Waals surface area contributed by atoms with Gasteiger partial charge >= 0.3 is 0 Å². The molecule has 2 aliphatic rings. The number of rotatable bonds is 4. The lowest BCUT2D eigenvalue weighted by Crippen LogP contribution is -2.49. The first kappa shape index (κ1) is 14.6. The van der Waals surface area contributed by atoms with E-state index in [-0.39, 0.29) is 11.1 Å². The fourth-order valence-electron chi connectivity index (χ4n) is 3.57. The normalized spacial score (nSPS) is 28.7. The van der Waals surface area contributed by atoms with E-state index in [1.54, 1.807) is 0 Å². The van der Waals surface area contributed by atoms with Crippen LogP contribution < -0.4 is 0 Å². The Morgan fingerprint density at radius 1 is 1.33 bits per heavy atom. The second-order valence-corrected chi connectivity index (χ2v) is 7.03. The monoisotopic (exact) mass is 286 g/mol. The molecule has 2 aliphatic heterocycles. The molecular weight excluding hydrogens is 260 g/mol. The van der Waals surface area contributed by atoms with Crippen molar-refractivity contribution in [1.82, 2.24) is 4.90 Å². The molecule has 0 aromatic heterocycles. The Balaban J connectivity index is 1.70. The van der Waals surface area contributed by atoms with Gasteiger partial charge in [-0.05, 0) is 39.2 Å². The molecule has 3 heteroatoms. The molecule has 3 nitrogen and oxygen atoms in total. The van der Waals surface area contributed by atoms with E-state index in [4.69, 9.17) is 9.73 Å². The number of nitrogens with zero attached hydrogens (tertiary/aromatic N) is 2. The molecule has 3 rings (SSSR count). The summed E-state index contributed by atoms with van der Waals surface area (Å²) in [6.45, 7) is 7.74. The van der Waals surface area contributed by atoms with E-state index < -0.39 is 0 Å². The molecule has 0 bridgehead atoms. The number of hydrogen-bond acceptors (Lipinski definition) is 3. The second kappa shape index (κ2) is 5.13. The third-order valence-electron chi connectivity index (χ3n) is 5.03. The lowest BCUT2D eigenvalue weighted by Gasteiger charge is -2.37. The molecule has 114 valence electrons. The minimum Gasteiger partial charge on any atom is -0.377 e. The average Bonchev–Trinajstić information content (AvgIpc) is 2.90. The Labute approximate surface area is 128 Å². The Bertz CT molecular complexity index is 537. The number of aliphatic imine (C=N–C) groups is 1. The van der Waals surface area contributed by atoms with E-state index in [0.29, 0.717) is 6.04 Å². The highest BCUT2D eigenvalue weighted by molar-refractivity contribution is 6.03. The molecule has 2 heterocycles. The van der Waals surface area contributed by atoms with Crippen LogP contribution in [0.4, 0.5) is 0 Å². The molecule has 0 amide bonds. The molecule has 0 spiro atoms. The summed E-state index contributed by atoms with van der Waals surface area (Å²) in [4.78, 5) is 7.34. The standard InChI is InChI=1S/C18H26N2O/c1-17(2,21-4)15-11-8-12-20(15)16-18(3,19-16)13-14-9-6-5-7-10-14/h5-7,9-10,15H,8,11-13H2,1-4H3/t15-,18+/m0/s1. The summed E-state index contributed by atoms with van der Waals surface area (Å²) in [7, 11) is 1.81. The Hall–Kier alpha value is -1.35. The Morgan fingerprint density at radius 3 is 2.71 bits per heavy atom. The molecule has 0 aliphatic carbocycles. The maximum absolute atomic E-state index is 5.72. The molecule has 1 aromatic rings. The van der Waals surface area contributed by atoms with Crippen LogP contribution in [-0.2, 0) is 11.2 Å². The van der Waals surface area contributed by atoms with Crippen molar-refractivity contribution in [2.45, 2.75) is 57.2 Å². The smallest absolute Gasteiger partial charge is 0.129 e. The molecule has 1 aromatic carbocycles. The SMILES string of the molecule is COC(C)(C)[C@@H]1CCCN1C1=N[C@]1(C)Cc1ccccc1. The Morgan fingerprint density at radius 2 is 2.05 bits per heavy atom. The van der Waals surface area contributed by atoms with Crippen molar-refractivity contribution >= 4 is 5.84 Å². The van der Waals surface area contributed by atoms with Crippen LogP contribution in [0.1, 0.15) is 39.2 Å². The topological polar surface area (TPSA) is 24.8 Å². The van der Waals surface area contributed by atoms with Crippen molar-refractivity contribution in [2.75, 3.05) is 13.7 Å². The van der Waals surface area contributed by atoms with Gasteiger partial charge in [0.15, 0.2) is 0 Å². The van der Waals surface area contributed by atoms with Gasteiger partial charge in [-0.2, -0.15) is 0 Å². The molecule has 21 heavy (non-hydrogen) atoms. The highest BCUT2D eigenvalue weighted by Crippen LogP contribution is 2.39. The minimum atomic E-state index is -0.116. The third-order valence-corrected chi connectivity index (χ3v) is 5.03. The van der Waals surface area contributed by atoms with Crippen LogP contribution in [0.25, 0.3) is 0 Å². The highest BCUT2D eigenvalue weighted by Gasteiger charge is 2.51. The first-order chi connectivity index (χ1) is 9.96. The molecule has 0 N–H and O–H groups in total. The van der Waals surface area contributed by atoms with E-state index in [1.165, 1.54) is 24.2 Å². The van der Waals surface area contributed by atoms with Crippen molar-refractivity contribution in [1.29, 1.82) is 0 Å². The first-order valence-electron chi connectivity index (χ1n) is 7.92. The molecule has 2 atom stereocenters. The van der Waals surface area contributed by atoms with E-state index in [9.17, 15) is 0 Å². The summed E-state index contributed by atoms with van der Waals surface area (Å²) in [6, 6.07) is 11.1. The van der Waals surface area contributed by atoms with Crippen molar-refractivity contribution in [3.8, 4) is 0 Å². The summed E-state index contributed by atoms with van der Waals surface area (Å²) in [6.07, 6.45) is 3.43. The maximum Gasteiger partial charge on any atom is 0.129 e. The molecule has 1 fully saturated rings. The van der Waals surface area contributed by atoms with Gasteiger partial charge in [0, 0.05) is 20.1 Å². The van der Waals surface area contributed by atoms with Crippen LogP contribution in [-0.4, -0.2) is 41.6 Å². The fraction of sp³-hybridized carbons (Fsp3) is 0.611. The summed E-state index contributed by atoms with van der Waals surface area (Å²) in [5, 5.41) is 0. The predicted octanol–water partition coefficient (Wildman–Crippen LogP) is 3.29. The van der Waals surface area contributed by atoms with Gasteiger partial charge in [0.1, 0.15) is 11.4 Å². The van der Waals surface area contributed by atoms with Crippen LogP contribution in [0.2, 0.25) is 0 Å². The molecule has 0 radical (unpaired) electrons. The quantitative estimate of drug-likeness (QED) is 0.848. The summed E-state index contributed by atoms with van der Waals surface area (Å²) >= 11 is 0. The van der Waals surface area contributed by atoms with Gasteiger partial charge in [-0.25, -0.2) is 0 Å². The van der Waals surface area contributed by atoms with E-state index >= 15 is 0 Å². The third kappa shape index (κ3) is 2.71. The summed E-state index contributed by atoms with van der Waals surface area (Å²) in [5.74, 6) is 1.28. The zero-order valence-corrected chi connectivity index (χ0v) is 13.6. The largest absolute Gasteiger partial charge is 0.377 e. The van der Waals surface area contributed by atoms with Crippen molar-refractivity contribution in [3.05, 3.63) is 35.9 Å². The highest BCUT2D eigenvalue weighted by atomic mass is 16.5. The van der Waals surface area contributed by atoms with E-state index in [1.807, 2.05) is 7.11 Å². The van der Waals surface area contributed by atoms with Gasteiger partial charge in [-0.15, -0.1) is 0 Å². The second-order valence-electron chi connectivity index (χ2n) is 7.03. The van der Waals surface area contributed by atoms with Crippen LogP contribution in [0.15, 0.2) is 35.3 Å². The number of amidine groups is 1. The van der Waals surface area contributed by atoms with Gasteiger partial charge in [0.2, 0.25) is 0 Å². The zero-order chi connectivity index (χ0) is 15.1. The number of methoxy groups -OCH3 is 1. The van der Waals surface area contributed by atoms with Crippen molar-refractivity contribution in [3.63, 3.8) is 0 Å². The number of likely N-dealkylation sites (tertiary alicyclic amines) is 1. The first-order valence-corrected chi connectivity index (χ1v) is 7.92. The van der Waals surface area contributed by atoms with Crippen LogP contribution >= 0.6 is 0 Å². The molecule has 0 saturated carbocycles. The van der Waals surface area contributed by atoms with Crippen LogP contribution in [0.5, 0.6) is 0 Å². The minimum absolute atomic E-state index is 0.00619. The van der Waals surface area contributed by atoms with E-state index in [0.717, 1.165) is 13.0 Å². The van der Waals surface area contributed by atoms with Gasteiger partial charge in [0.05, 0.1) is 11.6 Å². The molecule has 1 saturated heterocycles. The summed E-state index contributed by atoms with van der Waals surface area (Å²) < 4.78 is 5.72. The zero-order valence-electron chi connectivity index (χ0n) is 13.6. The lowest BCUT2D eigenvalue weighted by molar-refractivity contribution is -0.0250. The lowest BCUT2D eigenvalue weighted by atomic mass is 9.94. The molecule has 0 unspecified atom stereocenters. The summed E-state index contributed by atoms with van der Waals surface area (Å²) in [5.41, 5.74) is 1.24. The predicted molar refractivity (Wildman–Crippen MR) is 86.8 cm³/mol. The van der Waals surface area contributed by atoms with E-state index in [2.05, 4.69) is 56.0 Å².